The number of amides is 1. The van der Waals surface area contributed by atoms with E-state index in [0.29, 0.717) is 24.8 Å². The minimum Gasteiger partial charge on any atom is -0.481 e. The second-order valence-electron chi connectivity index (χ2n) is 6.69. The first-order valence-corrected chi connectivity index (χ1v) is 9.00. The molecule has 2 aliphatic rings. The van der Waals surface area contributed by atoms with E-state index >= 15 is 0 Å². The molecule has 0 atom stereocenters. The number of piperidine rings is 2. The van der Waals surface area contributed by atoms with Crippen molar-refractivity contribution in [1.82, 2.24) is 19.8 Å². The van der Waals surface area contributed by atoms with Crippen LogP contribution in [0, 0.1) is 0 Å². The number of nitrogens with zero attached hydrogens (tertiary/aromatic N) is 3. The molecule has 8 nitrogen and oxygen atoms in total. The Hall–Kier alpha value is -1.93. The van der Waals surface area contributed by atoms with Crippen molar-refractivity contribution in [1.29, 1.82) is 0 Å². The van der Waals surface area contributed by atoms with Gasteiger partial charge in [0.2, 0.25) is 0 Å². The number of carboxylic acids is 1. The van der Waals surface area contributed by atoms with Gasteiger partial charge >= 0.3 is 5.97 Å². The first kappa shape index (κ1) is 17.9. The average Bonchev–Trinajstić information content (AvgIpc) is 3.12. The Balaban J connectivity index is 1.47. The summed E-state index contributed by atoms with van der Waals surface area (Å²) in [6.45, 7) is 3.48. The van der Waals surface area contributed by atoms with Crippen molar-refractivity contribution < 1.29 is 19.4 Å². The van der Waals surface area contributed by atoms with Crippen LogP contribution in [0.1, 0.15) is 48.6 Å². The maximum atomic E-state index is 12.6. The van der Waals surface area contributed by atoms with Crippen LogP contribution in [0.5, 0.6) is 0 Å². The molecule has 0 bridgehead atoms. The van der Waals surface area contributed by atoms with Gasteiger partial charge in [-0.3, -0.25) is 9.59 Å². The highest BCUT2D eigenvalue weighted by atomic mass is 16.5. The van der Waals surface area contributed by atoms with Crippen LogP contribution in [0.3, 0.4) is 0 Å². The Morgan fingerprint density at radius 1 is 1.24 bits per heavy atom. The molecule has 0 radical (unpaired) electrons. The zero-order valence-electron chi connectivity index (χ0n) is 14.4. The molecular formula is C17H26N4O4. The minimum atomic E-state index is -0.850. The molecule has 8 heteroatoms. The van der Waals surface area contributed by atoms with E-state index in [0.717, 1.165) is 38.8 Å². The van der Waals surface area contributed by atoms with E-state index in [2.05, 4.69) is 14.9 Å². The van der Waals surface area contributed by atoms with Gasteiger partial charge in [-0.15, -0.1) is 0 Å². The second-order valence-corrected chi connectivity index (χ2v) is 6.69. The molecule has 0 aromatic carbocycles. The smallest absolute Gasteiger partial charge is 0.305 e. The third-order valence-electron chi connectivity index (χ3n) is 4.95. The number of aliphatic carboxylic acids is 1. The van der Waals surface area contributed by atoms with Crippen LogP contribution in [-0.2, 0) is 9.53 Å². The third-order valence-corrected chi connectivity index (χ3v) is 4.95. The van der Waals surface area contributed by atoms with E-state index < -0.39 is 5.97 Å². The largest absolute Gasteiger partial charge is 0.481 e. The highest BCUT2D eigenvalue weighted by Crippen LogP contribution is 2.20. The lowest BCUT2D eigenvalue weighted by atomic mass is 10.1. The van der Waals surface area contributed by atoms with Crippen LogP contribution in [-0.4, -0.2) is 70.3 Å². The van der Waals surface area contributed by atoms with E-state index in [9.17, 15) is 9.59 Å². The predicted molar refractivity (Wildman–Crippen MR) is 90.5 cm³/mol. The van der Waals surface area contributed by atoms with E-state index in [1.165, 1.54) is 0 Å². The van der Waals surface area contributed by atoms with Gasteiger partial charge in [0, 0.05) is 25.3 Å². The number of nitrogens with one attached hydrogen (secondary N) is 1. The average molecular weight is 350 g/mol. The van der Waals surface area contributed by atoms with Gasteiger partial charge in [0.1, 0.15) is 5.69 Å². The van der Waals surface area contributed by atoms with E-state index in [1.54, 1.807) is 6.33 Å². The molecule has 1 aromatic heterocycles. The maximum absolute atomic E-state index is 12.6. The SMILES string of the molecule is O=C(O)CCOC1CCN(C(=O)c2cn(C3CCNCC3)cn2)CC1. The van der Waals surface area contributed by atoms with Gasteiger partial charge in [-0.05, 0) is 38.8 Å². The molecule has 2 aliphatic heterocycles. The Labute approximate surface area is 147 Å². The molecule has 0 aliphatic carbocycles. The fraction of sp³-hybridized carbons (Fsp3) is 0.706. The molecule has 1 amide bonds. The molecule has 0 saturated carbocycles. The summed E-state index contributed by atoms with van der Waals surface area (Å²) < 4.78 is 7.63. The van der Waals surface area contributed by atoms with E-state index in [4.69, 9.17) is 9.84 Å². The molecule has 3 heterocycles. The number of carbonyl (C=O) groups excluding carboxylic acids is 1. The molecule has 25 heavy (non-hydrogen) atoms. The molecular weight excluding hydrogens is 324 g/mol. The molecule has 2 saturated heterocycles. The molecule has 2 N–H and O–H groups in total. The first-order chi connectivity index (χ1) is 12.1. The van der Waals surface area contributed by atoms with Crippen LogP contribution in [0.15, 0.2) is 12.5 Å². The summed E-state index contributed by atoms with van der Waals surface area (Å²) in [5.74, 6) is -0.881. The Morgan fingerprint density at radius 2 is 1.96 bits per heavy atom. The lowest BCUT2D eigenvalue weighted by Gasteiger charge is -2.31. The number of hydrogen-bond acceptors (Lipinski definition) is 5. The van der Waals surface area contributed by atoms with E-state index in [-0.39, 0.29) is 25.0 Å². The zero-order chi connectivity index (χ0) is 17.6. The number of rotatable bonds is 6. The van der Waals surface area contributed by atoms with Crippen molar-refractivity contribution >= 4 is 11.9 Å². The molecule has 2 fully saturated rings. The summed E-state index contributed by atoms with van der Waals surface area (Å²) in [6, 6.07) is 0.420. The van der Waals surface area contributed by atoms with Crippen LogP contribution in [0.4, 0.5) is 0 Å². The summed E-state index contributed by atoms with van der Waals surface area (Å²) in [6.07, 6.45) is 7.29. The highest BCUT2D eigenvalue weighted by Gasteiger charge is 2.26. The number of aromatic nitrogens is 2. The standard InChI is InChI=1S/C17H26N4O4/c22-16(23)5-10-25-14-3-8-20(9-4-14)17(24)15-11-21(12-19-15)13-1-6-18-7-2-13/h11-14,18H,1-10H2,(H,22,23). The monoisotopic (exact) mass is 350 g/mol. The molecule has 3 rings (SSSR count). The van der Waals surface area contributed by atoms with Crippen molar-refractivity contribution in [3.8, 4) is 0 Å². The van der Waals surface area contributed by atoms with Gasteiger partial charge in [0.25, 0.3) is 5.91 Å². The van der Waals surface area contributed by atoms with E-state index in [1.807, 2.05) is 11.1 Å². The van der Waals surface area contributed by atoms with Crippen molar-refractivity contribution in [3.05, 3.63) is 18.2 Å². The summed E-state index contributed by atoms with van der Waals surface area (Å²) in [7, 11) is 0. The van der Waals surface area contributed by atoms with Crippen molar-refractivity contribution in [2.24, 2.45) is 0 Å². The number of carbonyl (C=O) groups is 2. The molecule has 138 valence electrons. The maximum Gasteiger partial charge on any atom is 0.305 e. The van der Waals surface area contributed by atoms with Gasteiger partial charge in [-0.1, -0.05) is 0 Å². The summed E-state index contributed by atoms with van der Waals surface area (Å²) in [4.78, 5) is 29.3. The quantitative estimate of drug-likeness (QED) is 0.791. The summed E-state index contributed by atoms with van der Waals surface area (Å²) in [5, 5.41) is 12.0. The topological polar surface area (TPSA) is 96.7 Å². The minimum absolute atomic E-state index is 0.0211. The lowest BCUT2D eigenvalue weighted by Crippen LogP contribution is -2.41. The van der Waals surface area contributed by atoms with Crippen LogP contribution < -0.4 is 5.32 Å². The van der Waals surface area contributed by atoms with Crippen LogP contribution in [0.25, 0.3) is 0 Å². The number of likely N-dealkylation sites (tertiary alicyclic amines) is 1. The number of carboxylic acid groups (broad SMARTS) is 1. The van der Waals surface area contributed by atoms with Crippen LogP contribution in [0.2, 0.25) is 0 Å². The van der Waals surface area contributed by atoms with Gasteiger partial charge in [0.15, 0.2) is 0 Å². The fourth-order valence-corrected chi connectivity index (χ4v) is 3.45. The summed E-state index contributed by atoms with van der Waals surface area (Å²) >= 11 is 0. The van der Waals surface area contributed by atoms with Gasteiger partial charge in [-0.2, -0.15) is 0 Å². The summed E-state index contributed by atoms with van der Waals surface area (Å²) in [5.41, 5.74) is 0.503. The fourth-order valence-electron chi connectivity index (χ4n) is 3.45. The number of hydrogen-bond donors (Lipinski definition) is 2. The van der Waals surface area contributed by atoms with Crippen molar-refractivity contribution in [2.45, 2.75) is 44.2 Å². The second kappa shape index (κ2) is 8.44. The first-order valence-electron chi connectivity index (χ1n) is 9.00. The van der Waals surface area contributed by atoms with Crippen LogP contribution >= 0.6 is 0 Å². The van der Waals surface area contributed by atoms with Crippen molar-refractivity contribution in [3.63, 3.8) is 0 Å². The predicted octanol–water partition coefficient (Wildman–Crippen LogP) is 0.903. The normalized spacial score (nSPS) is 19.9. The Bertz CT molecular complexity index is 589. The zero-order valence-corrected chi connectivity index (χ0v) is 14.4. The molecule has 1 aromatic rings. The Kier molecular flexibility index (Phi) is 6.04. The van der Waals surface area contributed by atoms with Gasteiger partial charge in [0.05, 0.1) is 25.5 Å². The van der Waals surface area contributed by atoms with Crippen molar-refractivity contribution in [2.75, 3.05) is 32.8 Å². The third kappa shape index (κ3) is 4.79. The highest BCUT2D eigenvalue weighted by molar-refractivity contribution is 5.92. The lowest BCUT2D eigenvalue weighted by molar-refractivity contribution is -0.138. The molecule has 0 spiro atoms. The number of imidazole rings is 1. The molecule has 0 unspecified atom stereocenters. The van der Waals surface area contributed by atoms with Gasteiger partial charge in [-0.25, -0.2) is 4.98 Å². The number of ether oxygens (including phenoxy) is 1. The Morgan fingerprint density at radius 3 is 2.64 bits per heavy atom. The van der Waals surface area contributed by atoms with Gasteiger partial charge < -0.3 is 24.6 Å².